The van der Waals surface area contributed by atoms with Gasteiger partial charge in [-0.2, -0.15) is 0 Å². The van der Waals surface area contributed by atoms with Crippen molar-refractivity contribution in [3.8, 4) is 46.3 Å². The molecule has 0 aromatic carbocycles. The summed E-state index contributed by atoms with van der Waals surface area (Å²) >= 11 is 0. The van der Waals surface area contributed by atoms with E-state index >= 15 is 0 Å². The van der Waals surface area contributed by atoms with Crippen LogP contribution in [0.5, 0.6) is 0 Å². The number of nitrogens with one attached hydrogen (secondary N) is 1. The highest BCUT2D eigenvalue weighted by atomic mass is 16.4. The van der Waals surface area contributed by atoms with Crippen LogP contribution < -0.4 is 5.32 Å². The van der Waals surface area contributed by atoms with E-state index in [-0.39, 0.29) is 70.7 Å². The van der Waals surface area contributed by atoms with Crippen LogP contribution in [0.3, 0.4) is 0 Å². The number of amides is 2. The van der Waals surface area contributed by atoms with Gasteiger partial charge in [0.25, 0.3) is 5.91 Å². The second kappa shape index (κ2) is 11.5. The number of rotatable bonds is 3. The quantitative estimate of drug-likeness (QED) is 0.274. The van der Waals surface area contributed by atoms with Crippen molar-refractivity contribution in [3.05, 3.63) is 66.8 Å². The molecule has 16 heteroatoms. The maximum absolute atomic E-state index is 13.2. The van der Waals surface area contributed by atoms with Gasteiger partial charge in [0.15, 0.2) is 28.5 Å². The first-order valence-corrected chi connectivity index (χ1v) is 14.2. The molecule has 0 saturated carbocycles. The number of nitrogens with zero attached hydrogens (tertiary/aromatic N) is 7. The largest absolute Gasteiger partial charge is 0.447 e. The van der Waals surface area contributed by atoms with E-state index in [9.17, 15) is 9.59 Å². The summed E-state index contributed by atoms with van der Waals surface area (Å²) in [7, 11) is 3.33. The number of hydrogen-bond acceptors (Lipinski definition) is 14. The number of oxazole rings is 6. The Hall–Kier alpha value is -6.06. The van der Waals surface area contributed by atoms with Crippen molar-refractivity contribution in [1.29, 1.82) is 0 Å². The van der Waals surface area contributed by atoms with Gasteiger partial charge in [-0.05, 0) is 12.0 Å². The Labute approximate surface area is 259 Å². The molecule has 0 saturated heterocycles. The normalized spacial score (nSPS) is 17.0. The Morgan fingerprint density at radius 1 is 0.717 bits per heavy atom. The number of allylic oxidation sites excluding steroid dienone is 1. The van der Waals surface area contributed by atoms with Gasteiger partial charge >= 0.3 is 0 Å². The first kappa shape index (κ1) is 28.7. The van der Waals surface area contributed by atoms with E-state index in [0.29, 0.717) is 17.1 Å². The molecule has 16 nitrogen and oxygen atoms in total. The van der Waals surface area contributed by atoms with Crippen LogP contribution in [0, 0.1) is 5.92 Å². The molecular formula is C30H26N8O8. The molecule has 1 aliphatic rings. The van der Waals surface area contributed by atoms with Crippen molar-refractivity contribution in [2.45, 2.75) is 32.2 Å². The molecule has 2 atom stereocenters. The molecule has 1 N–H and O–H groups in total. The highest BCUT2D eigenvalue weighted by Gasteiger charge is 2.28. The summed E-state index contributed by atoms with van der Waals surface area (Å²) < 4.78 is 33.9. The van der Waals surface area contributed by atoms with E-state index in [2.05, 4.69) is 35.2 Å². The van der Waals surface area contributed by atoms with Crippen LogP contribution in [0.25, 0.3) is 52.4 Å². The van der Waals surface area contributed by atoms with Crippen LogP contribution in [-0.4, -0.2) is 60.7 Å². The molecule has 6 aromatic heterocycles. The van der Waals surface area contributed by atoms with Gasteiger partial charge in [0.2, 0.25) is 41.3 Å². The predicted molar refractivity (Wildman–Crippen MR) is 155 cm³/mol. The molecule has 2 unspecified atom stereocenters. The molecule has 12 bridgehead atoms. The van der Waals surface area contributed by atoms with E-state index in [1.165, 1.54) is 42.5 Å². The van der Waals surface area contributed by atoms with Crippen LogP contribution in [0.2, 0.25) is 0 Å². The molecule has 0 spiro atoms. The Kier molecular flexibility index (Phi) is 7.15. The molecule has 0 radical (unpaired) electrons. The van der Waals surface area contributed by atoms with Crippen molar-refractivity contribution in [2.75, 3.05) is 14.1 Å². The molecule has 7 rings (SSSR count). The monoisotopic (exact) mass is 626 g/mol. The van der Waals surface area contributed by atoms with Crippen LogP contribution >= 0.6 is 0 Å². The van der Waals surface area contributed by atoms with Crippen molar-refractivity contribution < 1.29 is 36.1 Å². The zero-order valence-corrected chi connectivity index (χ0v) is 25.0. The van der Waals surface area contributed by atoms with E-state index in [1.54, 1.807) is 26.2 Å². The SMILES string of the molecule is CC(C)C1NC(=O)c2coc(n2)-c2coc(n2)-c2coc(n2)C(CC(=O)N(C)C)/C=C/c2coc(n2)-c2coc(n2)-c2coc1n2. The zero-order chi connectivity index (χ0) is 31.9. The summed E-state index contributed by atoms with van der Waals surface area (Å²) in [5.41, 5.74) is 1.63. The van der Waals surface area contributed by atoms with Crippen molar-refractivity contribution in [2.24, 2.45) is 5.92 Å². The van der Waals surface area contributed by atoms with Gasteiger partial charge in [0.05, 0.1) is 5.92 Å². The minimum atomic E-state index is -0.612. The van der Waals surface area contributed by atoms with E-state index in [0.717, 1.165) is 0 Å². The molecular weight excluding hydrogens is 600 g/mol. The standard InChI is InChI=1S/C30H26N8O8/c1-14(2)23-30-36-21(13-46-30)29-34-18(11-44-29)26-31-16(8-41-26)6-5-15(7-22(39)38(3)4)25-33-19(10-42-25)28-35-20(12-45-28)27-32-17(9-43-27)24(40)37-23/h5-6,8-15,23H,7H2,1-4H3,(H,37,40)/b6-5+. The number of aromatic nitrogens is 6. The summed E-state index contributed by atoms with van der Waals surface area (Å²) in [5.74, 6) is -0.285. The maximum atomic E-state index is 13.2. The molecule has 2 amide bonds. The van der Waals surface area contributed by atoms with Gasteiger partial charge in [-0.15, -0.1) is 0 Å². The summed E-state index contributed by atoms with van der Waals surface area (Å²) in [6, 6.07) is -0.612. The smallest absolute Gasteiger partial charge is 0.273 e. The Bertz CT molecular complexity index is 2050. The molecule has 46 heavy (non-hydrogen) atoms. The summed E-state index contributed by atoms with van der Waals surface area (Å²) in [4.78, 5) is 54.0. The zero-order valence-electron chi connectivity index (χ0n) is 25.0. The van der Waals surface area contributed by atoms with Crippen LogP contribution in [0.15, 0.2) is 70.2 Å². The van der Waals surface area contributed by atoms with Crippen LogP contribution in [0.1, 0.15) is 60.2 Å². The van der Waals surface area contributed by atoms with E-state index in [4.69, 9.17) is 26.5 Å². The lowest BCUT2D eigenvalue weighted by Crippen LogP contribution is -2.32. The number of carbonyl (C=O) groups is 2. The fourth-order valence-electron chi connectivity index (χ4n) is 4.59. The van der Waals surface area contributed by atoms with Gasteiger partial charge in [-0.3, -0.25) is 9.59 Å². The summed E-state index contributed by atoms with van der Waals surface area (Å²) in [5, 5.41) is 2.89. The van der Waals surface area contributed by atoms with Crippen molar-refractivity contribution in [3.63, 3.8) is 0 Å². The highest BCUT2D eigenvalue weighted by Crippen LogP contribution is 2.31. The average Bonchev–Trinajstić information content (AvgIpc) is 3.87. The first-order valence-electron chi connectivity index (χ1n) is 14.2. The minimum Gasteiger partial charge on any atom is -0.447 e. The predicted octanol–water partition coefficient (Wildman–Crippen LogP) is 5.00. The lowest BCUT2D eigenvalue weighted by Gasteiger charge is -2.18. The van der Waals surface area contributed by atoms with E-state index < -0.39 is 17.9 Å². The Balaban J connectivity index is 1.29. The molecule has 7 heterocycles. The highest BCUT2D eigenvalue weighted by molar-refractivity contribution is 5.92. The number of hydrogen-bond donors (Lipinski definition) is 1. The maximum Gasteiger partial charge on any atom is 0.273 e. The first-order chi connectivity index (χ1) is 22.2. The Morgan fingerprint density at radius 2 is 1.22 bits per heavy atom. The van der Waals surface area contributed by atoms with Crippen molar-refractivity contribution in [1.82, 2.24) is 40.1 Å². The molecule has 1 aliphatic heterocycles. The van der Waals surface area contributed by atoms with Gasteiger partial charge in [-0.1, -0.05) is 19.9 Å². The molecule has 234 valence electrons. The second-order valence-electron chi connectivity index (χ2n) is 11.0. The summed E-state index contributed by atoms with van der Waals surface area (Å²) in [6.45, 7) is 3.81. The van der Waals surface area contributed by atoms with Crippen molar-refractivity contribution >= 4 is 17.9 Å². The molecule has 6 aromatic rings. The van der Waals surface area contributed by atoms with Crippen LogP contribution in [-0.2, 0) is 4.79 Å². The lowest BCUT2D eigenvalue weighted by molar-refractivity contribution is -0.128. The van der Waals surface area contributed by atoms with E-state index in [1.807, 2.05) is 13.8 Å². The van der Waals surface area contributed by atoms with Gasteiger partial charge in [0.1, 0.15) is 49.3 Å². The third-order valence-corrected chi connectivity index (χ3v) is 7.12. The van der Waals surface area contributed by atoms with Gasteiger partial charge in [0, 0.05) is 20.5 Å². The Morgan fingerprint density at radius 3 is 1.85 bits per heavy atom. The lowest BCUT2D eigenvalue weighted by atomic mass is 10.0. The second-order valence-corrected chi connectivity index (χ2v) is 11.0. The number of carbonyl (C=O) groups excluding carboxylic acids is 2. The fraction of sp³-hybridized carbons (Fsp3) is 0.267. The third-order valence-electron chi connectivity index (χ3n) is 7.12. The topological polar surface area (TPSA) is 206 Å². The summed E-state index contributed by atoms with van der Waals surface area (Å²) in [6.07, 6.45) is 11.6. The van der Waals surface area contributed by atoms with Gasteiger partial charge < -0.3 is 36.7 Å². The molecule has 0 fully saturated rings. The third kappa shape index (κ3) is 5.51. The average molecular weight is 627 g/mol. The molecule has 0 aliphatic carbocycles. The fourth-order valence-corrected chi connectivity index (χ4v) is 4.59. The minimum absolute atomic E-state index is 0.0120. The van der Waals surface area contributed by atoms with Gasteiger partial charge in [-0.25, -0.2) is 29.9 Å². The number of fused-ring (bicyclic) bond motifs is 16. The van der Waals surface area contributed by atoms with Crippen LogP contribution in [0.4, 0.5) is 0 Å².